The summed E-state index contributed by atoms with van der Waals surface area (Å²) in [6, 6.07) is 33.3. The highest BCUT2D eigenvalue weighted by Crippen LogP contribution is 2.38. The van der Waals surface area contributed by atoms with Gasteiger partial charge < -0.3 is 16.0 Å². The van der Waals surface area contributed by atoms with Crippen LogP contribution in [0.25, 0.3) is 6.08 Å². The molecule has 0 aliphatic heterocycles. The molecule has 9 nitrogen and oxygen atoms in total. The largest absolute Gasteiger partial charge is 0.416 e. The van der Waals surface area contributed by atoms with E-state index in [0.29, 0.717) is 10.5 Å². The van der Waals surface area contributed by atoms with Crippen LogP contribution < -0.4 is 16.0 Å². The lowest BCUT2D eigenvalue weighted by Gasteiger charge is -2.18. The number of rotatable bonds is 11. The van der Waals surface area contributed by atoms with Gasteiger partial charge in [0.05, 0.1) is 16.1 Å². The molecule has 0 saturated carbocycles. The van der Waals surface area contributed by atoms with Crippen LogP contribution in [-0.4, -0.2) is 22.6 Å². The van der Waals surface area contributed by atoms with Crippen molar-refractivity contribution in [3.05, 3.63) is 172 Å². The molecule has 0 aliphatic carbocycles. The van der Waals surface area contributed by atoms with Crippen LogP contribution in [-0.2, 0) is 15.8 Å². The molecule has 0 aliphatic rings. The number of nitrogens with zero attached hydrogens (tertiary/aromatic N) is 1. The summed E-state index contributed by atoms with van der Waals surface area (Å²) in [5, 5.41) is 18.6. The molecule has 0 spiro atoms. The van der Waals surface area contributed by atoms with Crippen molar-refractivity contribution in [1.29, 1.82) is 0 Å². The predicted molar refractivity (Wildman–Crippen MR) is 185 cm³/mol. The number of carbonyl (C=O) groups excluding carboxylic acids is 3. The monoisotopic (exact) mass is 696 g/mol. The molecular weight excluding hydrogens is 669 g/mol. The third-order valence-electron chi connectivity index (χ3n) is 7.11. The van der Waals surface area contributed by atoms with E-state index in [-0.39, 0.29) is 33.9 Å². The lowest BCUT2D eigenvalue weighted by Crippen LogP contribution is -2.30. The van der Waals surface area contributed by atoms with E-state index >= 15 is 0 Å². The van der Waals surface area contributed by atoms with E-state index < -0.39 is 39.6 Å². The fourth-order valence-electron chi connectivity index (χ4n) is 4.74. The average molecular weight is 697 g/mol. The molecule has 0 fully saturated rings. The number of thioether (sulfide) groups is 1. The second-order valence-corrected chi connectivity index (χ2v) is 11.8. The van der Waals surface area contributed by atoms with Crippen molar-refractivity contribution in [2.45, 2.75) is 16.3 Å². The Kier molecular flexibility index (Phi) is 11.1. The first kappa shape index (κ1) is 35.1. The molecule has 0 aromatic heterocycles. The number of para-hydroxylation sites is 1. The number of hydrogen-bond acceptors (Lipinski definition) is 6. The number of hydrogen-bond donors (Lipinski definition) is 3. The lowest BCUT2D eigenvalue weighted by molar-refractivity contribution is -0.385. The van der Waals surface area contributed by atoms with E-state index in [4.69, 9.17) is 0 Å². The van der Waals surface area contributed by atoms with E-state index in [1.54, 1.807) is 91.0 Å². The minimum atomic E-state index is -4.59. The van der Waals surface area contributed by atoms with Crippen molar-refractivity contribution < 1.29 is 32.5 Å². The van der Waals surface area contributed by atoms with Crippen LogP contribution in [0.5, 0.6) is 0 Å². The van der Waals surface area contributed by atoms with Gasteiger partial charge in [-0.2, -0.15) is 13.2 Å². The summed E-state index contributed by atoms with van der Waals surface area (Å²) in [5.41, 5.74) is -0.294. The van der Waals surface area contributed by atoms with Gasteiger partial charge in [0.15, 0.2) is 0 Å². The van der Waals surface area contributed by atoms with Gasteiger partial charge >= 0.3 is 6.18 Å². The zero-order valence-corrected chi connectivity index (χ0v) is 26.7. The quantitative estimate of drug-likeness (QED) is 0.0550. The van der Waals surface area contributed by atoms with Gasteiger partial charge in [0.25, 0.3) is 17.5 Å². The zero-order chi connectivity index (χ0) is 35.7. The summed E-state index contributed by atoms with van der Waals surface area (Å²) in [5.74, 6) is -1.97. The van der Waals surface area contributed by atoms with Gasteiger partial charge in [0.2, 0.25) is 5.91 Å². The summed E-state index contributed by atoms with van der Waals surface area (Å²) in [6.07, 6.45) is -3.38. The summed E-state index contributed by atoms with van der Waals surface area (Å²) in [6.45, 7) is 0. The second-order valence-electron chi connectivity index (χ2n) is 10.7. The van der Waals surface area contributed by atoms with Crippen LogP contribution in [0.2, 0.25) is 0 Å². The first-order chi connectivity index (χ1) is 24.0. The van der Waals surface area contributed by atoms with Gasteiger partial charge in [-0.1, -0.05) is 72.8 Å². The predicted octanol–water partition coefficient (Wildman–Crippen LogP) is 8.50. The van der Waals surface area contributed by atoms with Crippen molar-refractivity contribution in [3.63, 3.8) is 0 Å². The molecule has 0 saturated heterocycles. The smallest absolute Gasteiger partial charge is 0.325 e. The first-order valence-electron chi connectivity index (χ1n) is 14.9. The van der Waals surface area contributed by atoms with E-state index in [1.807, 2.05) is 0 Å². The molecule has 1 unspecified atom stereocenters. The molecule has 0 radical (unpaired) electrons. The highest BCUT2D eigenvalue weighted by atomic mass is 32.2. The molecule has 5 aromatic rings. The Balaban J connectivity index is 1.40. The number of anilines is 2. The molecule has 5 aromatic carbocycles. The van der Waals surface area contributed by atoms with E-state index in [0.717, 1.165) is 23.9 Å². The van der Waals surface area contributed by atoms with Crippen molar-refractivity contribution in [3.8, 4) is 0 Å². The average Bonchev–Trinajstić information content (AvgIpc) is 3.11. The fraction of sp³-hybridized carbons (Fsp3) is 0.0541. The van der Waals surface area contributed by atoms with E-state index in [1.165, 1.54) is 36.4 Å². The minimum Gasteiger partial charge on any atom is -0.325 e. The molecule has 0 bridgehead atoms. The fourth-order valence-corrected chi connectivity index (χ4v) is 5.82. The van der Waals surface area contributed by atoms with Crippen LogP contribution >= 0.6 is 11.8 Å². The van der Waals surface area contributed by atoms with Gasteiger partial charge in [0, 0.05) is 27.9 Å². The lowest BCUT2D eigenvalue weighted by atomic mass is 10.1. The molecule has 252 valence electrons. The Morgan fingerprint density at radius 1 is 0.740 bits per heavy atom. The van der Waals surface area contributed by atoms with Crippen LogP contribution in [0.15, 0.2) is 144 Å². The first-order valence-corrected chi connectivity index (χ1v) is 15.8. The summed E-state index contributed by atoms with van der Waals surface area (Å²) >= 11 is 1.10. The van der Waals surface area contributed by atoms with Gasteiger partial charge in [0.1, 0.15) is 10.9 Å². The standard InChI is InChI=1S/C37H27F3N4O5S/c38-37(39,40)27-16-9-17-28(22-27)42-36(47)33(24-11-3-1-4-12-24)50-30-19-10-18-29(23-30)41-35(46)31(43-34(45)25-13-5-2-6-14-25)21-26-15-7-8-20-32(26)44(48)49/h1-23,33H,(H,41,46)(H,42,47)(H,43,45)/b31-21+. The van der Waals surface area contributed by atoms with Crippen molar-refractivity contribution in [1.82, 2.24) is 5.32 Å². The Morgan fingerprint density at radius 2 is 1.36 bits per heavy atom. The van der Waals surface area contributed by atoms with E-state index in [2.05, 4.69) is 16.0 Å². The molecule has 3 N–H and O–H groups in total. The third-order valence-corrected chi connectivity index (χ3v) is 8.35. The van der Waals surface area contributed by atoms with Crippen LogP contribution in [0.4, 0.5) is 30.2 Å². The van der Waals surface area contributed by atoms with Gasteiger partial charge in [-0.05, 0) is 66.2 Å². The number of benzene rings is 5. The maximum absolute atomic E-state index is 13.6. The Morgan fingerprint density at radius 3 is 2.04 bits per heavy atom. The molecule has 13 heteroatoms. The van der Waals surface area contributed by atoms with Crippen molar-refractivity contribution in [2.75, 3.05) is 10.6 Å². The third kappa shape index (κ3) is 9.23. The maximum atomic E-state index is 13.6. The van der Waals surface area contributed by atoms with Gasteiger partial charge in [-0.15, -0.1) is 11.8 Å². The SMILES string of the molecule is O=C(Nc1cccc(SC(C(=O)Nc2cccc(C(F)(F)F)c2)c2ccccc2)c1)/C(=C\c1ccccc1[N+](=O)[O-])NC(=O)c1ccccc1. The Hall–Kier alpha value is -6.21. The maximum Gasteiger partial charge on any atom is 0.416 e. The number of nitro groups is 1. The summed E-state index contributed by atoms with van der Waals surface area (Å²) < 4.78 is 39.9. The molecule has 0 heterocycles. The Labute approximate surface area is 288 Å². The van der Waals surface area contributed by atoms with Gasteiger partial charge in [-0.3, -0.25) is 24.5 Å². The molecule has 3 amide bonds. The molecule has 50 heavy (non-hydrogen) atoms. The van der Waals surface area contributed by atoms with Crippen molar-refractivity contribution >= 4 is 52.6 Å². The number of nitro benzene ring substituents is 1. The number of halogens is 3. The van der Waals surface area contributed by atoms with Crippen LogP contribution in [0.3, 0.4) is 0 Å². The number of carbonyl (C=O) groups is 3. The second kappa shape index (κ2) is 15.8. The number of amides is 3. The topological polar surface area (TPSA) is 130 Å². The molecule has 1 atom stereocenters. The normalized spacial score (nSPS) is 12.0. The van der Waals surface area contributed by atoms with E-state index in [9.17, 15) is 37.7 Å². The zero-order valence-electron chi connectivity index (χ0n) is 25.9. The van der Waals surface area contributed by atoms with Crippen LogP contribution in [0.1, 0.15) is 32.3 Å². The minimum absolute atomic E-state index is 0.0251. The summed E-state index contributed by atoms with van der Waals surface area (Å²) in [7, 11) is 0. The summed E-state index contributed by atoms with van der Waals surface area (Å²) in [4.78, 5) is 51.7. The highest BCUT2D eigenvalue weighted by Gasteiger charge is 2.31. The number of alkyl halides is 3. The number of nitrogens with one attached hydrogen (secondary N) is 3. The molecule has 5 rings (SSSR count). The Bertz CT molecular complexity index is 2060. The highest BCUT2D eigenvalue weighted by molar-refractivity contribution is 8.00. The van der Waals surface area contributed by atoms with Crippen LogP contribution in [0, 0.1) is 10.1 Å². The van der Waals surface area contributed by atoms with Gasteiger partial charge in [-0.25, -0.2) is 0 Å². The molecular formula is C37H27F3N4O5S. The van der Waals surface area contributed by atoms with Crippen molar-refractivity contribution in [2.24, 2.45) is 0 Å².